The van der Waals surface area contributed by atoms with E-state index in [9.17, 15) is 4.79 Å². The Kier molecular flexibility index (Phi) is 4.93. The first-order chi connectivity index (χ1) is 3.77. The monoisotopic (exact) mass is 226 g/mol. The van der Waals surface area contributed by atoms with Gasteiger partial charge in [0, 0.05) is 17.6 Å². The van der Waals surface area contributed by atoms with E-state index in [2.05, 4.69) is 33.1 Å². The maximum atomic E-state index is 10.1. The van der Waals surface area contributed by atoms with Gasteiger partial charge in [-0.3, -0.25) is 4.79 Å². The van der Waals surface area contributed by atoms with Crippen LogP contribution < -0.4 is 5.43 Å². The lowest BCUT2D eigenvalue weighted by Gasteiger charge is -1.86. The van der Waals surface area contributed by atoms with Crippen molar-refractivity contribution in [3.63, 3.8) is 0 Å². The van der Waals surface area contributed by atoms with E-state index >= 15 is 0 Å². The van der Waals surface area contributed by atoms with E-state index in [4.69, 9.17) is 0 Å². The van der Waals surface area contributed by atoms with Crippen LogP contribution >= 0.6 is 22.6 Å². The van der Waals surface area contributed by atoms with E-state index in [0.29, 0.717) is 0 Å². The van der Waals surface area contributed by atoms with Crippen molar-refractivity contribution in [1.29, 1.82) is 0 Å². The smallest absolute Gasteiger partial charge is 0.236 e. The van der Waals surface area contributed by atoms with Crippen LogP contribution in [0.15, 0.2) is 5.10 Å². The molecule has 0 aliphatic carbocycles. The van der Waals surface area contributed by atoms with E-state index in [0.717, 1.165) is 4.43 Å². The van der Waals surface area contributed by atoms with Gasteiger partial charge in [-0.05, 0) is 0 Å². The summed E-state index contributed by atoms with van der Waals surface area (Å²) in [5, 5.41) is 3.56. The summed E-state index contributed by atoms with van der Waals surface area (Å²) in [6, 6.07) is 0. The van der Waals surface area contributed by atoms with Gasteiger partial charge in [-0.2, -0.15) is 5.10 Å². The Morgan fingerprint density at radius 3 is 3.00 bits per heavy atom. The van der Waals surface area contributed by atoms with Crippen molar-refractivity contribution in [2.75, 3.05) is 4.43 Å². The number of carbonyl (C=O) groups excluding carboxylic acids is 1. The van der Waals surface area contributed by atoms with Crippen molar-refractivity contribution in [2.45, 2.75) is 6.92 Å². The number of halogens is 1. The first-order valence-corrected chi connectivity index (χ1v) is 3.64. The largest absolute Gasteiger partial charge is 0.274 e. The van der Waals surface area contributed by atoms with E-state index < -0.39 is 0 Å². The number of hydrogen-bond acceptors (Lipinski definition) is 2. The van der Waals surface area contributed by atoms with Crippen LogP contribution in [0.5, 0.6) is 0 Å². The molecule has 0 aromatic carbocycles. The standard InChI is InChI=1S/C4H7IN2O/c1-4(8)7-6-3-2-5/h3H,2H2,1H3,(H,7,8)/b6-3+. The van der Waals surface area contributed by atoms with Crippen LogP contribution in [0.2, 0.25) is 0 Å². The highest BCUT2D eigenvalue weighted by molar-refractivity contribution is 14.1. The zero-order valence-corrected chi connectivity index (χ0v) is 6.68. The van der Waals surface area contributed by atoms with Gasteiger partial charge in [0.2, 0.25) is 5.91 Å². The molecular weight excluding hydrogens is 219 g/mol. The Labute approximate surface area is 61.7 Å². The number of nitrogens with zero attached hydrogens (tertiary/aromatic N) is 1. The molecule has 0 bridgehead atoms. The van der Waals surface area contributed by atoms with Crippen LogP contribution in [-0.2, 0) is 4.79 Å². The molecule has 0 spiro atoms. The van der Waals surface area contributed by atoms with Gasteiger partial charge in [0.1, 0.15) is 0 Å². The molecule has 1 amide bonds. The average Bonchev–Trinajstić information content (AvgIpc) is 1.66. The summed E-state index contributed by atoms with van der Waals surface area (Å²) in [6.45, 7) is 1.42. The number of hydrazone groups is 1. The Morgan fingerprint density at radius 2 is 2.62 bits per heavy atom. The molecule has 0 saturated heterocycles. The lowest BCUT2D eigenvalue weighted by Crippen LogP contribution is -2.12. The minimum Gasteiger partial charge on any atom is -0.274 e. The van der Waals surface area contributed by atoms with Crippen LogP contribution in [0.1, 0.15) is 6.92 Å². The summed E-state index contributed by atoms with van der Waals surface area (Å²) >= 11 is 2.13. The zero-order chi connectivity index (χ0) is 6.41. The molecule has 0 rings (SSSR count). The molecule has 0 aromatic rings. The van der Waals surface area contributed by atoms with E-state index in [-0.39, 0.29) is 5.91 Å². The zero-order valence-electron chi connectivity index (χ0n) is 4.52. The summed E-state index contributed by atoms with van der Waals surface area (Å²) in [4.78, 5) is 10.1. The highest BCUT2D eigenvalue weighted by Gasteiger charge is 1.79. The normalized spacial score (nSPS) is 9.75. The van der Waals surface area contributed by atoms with Gasteiger partial charge in [-0.25, -0.2) is 5.43 Å². The molecule has 8 heavy (non-hydrogen) atoms. The number of nitrogens with one attached hydrogen (secondary N) is 1. The Morgan fingerprint density at radius 1 is 2.00 bits per heavy atom. The summed E-state index contributed by atoms with van der Waals surface area (Å²) in [5.74, 6) is -0.133. The lowest BCUT2D eigenvalue weighted by molar-refractivity contribution is -0.118. The Bertz CT molecular complexity index is 102. The maximum Gasteiger partial charge on any atom is 0.236 e. The summed E-state index contributed by atoms with van der Waals surface area (Å²) < 4.78 is 0.818. The molecule has 0 aliphatic heterocycles. The van der Waals surface area contributed by atoms with Crippen molar-refractivity contribution in [2.24, 2.45) is 5.10 Å². The van der Waals surface area contributed by atoms with Gasteiger partial charge >= 0.3 is 0 Å². The molecule has 1 N–H and O–H groups in total. The fraction of sp³-hybridized carbons (Fsp3) is 0.500. The lowest BCUT2D eigenvalue weighted by atomic mass is 10.8. The fourth-order valence-electron chi connectivity index (χ4n) is 0.171. The van der Waals surface area contributed by atoms with Gasteiger partial charge in [0.05, 0.1) is 0 Å². The topological polar surface area (TPSA) is 41.5 Å². The second-order valence-electron chi connectivity index (χ2n) is 1.13. The van der Waals surface area contributed by atoms with E-state index in [1.807, 2.05) is 0 Å². The van der Waals surface area contributed by atoms with Crippen LogP contribution in [0.3, 0.4) is 0 Å². The van der Waals surface area contributed by atoms with Crippen molar-refractivity contribution in [1.82, 2.24) is 5.43 Å². The van der Waals surface area contributed by atoms with Crippen LogP contribution in [-0.4, -0.2) is 16.5 Å². The fourth-order valence-corrected chi connectivity index (χ4v) is 0.368. The molecule has 0 atom stereocenters. The van der Waals surface area contributed by atoms with E-state index in [1.165, 1.54) is 6.92 Å². The average molecular weight is 226 g/mol. The quantitative estimate of drug-likeness (QED) is 0.317. The summed E-state index contributed by atoms with van der Waals surface area (Å²) in [5.41, 5.74) is 2.27. The first kappa shape index (κ1) is 7.87. The minimum atomic E-state index is -0.133. The summed E-state index contributed by atoms with van der Waals surface area (Å²) in [6.07, 6.45) is 1.63. The summed E-state index contributed by atoms with van der Waals surface area (Å²) in [7, 11) is 0. The second kappa shape index (κ2) is 5.02. The maximum absolute atomic E-state index is 10.1. The molecule has 3 nitrogen and oxygen atoms in total. The number of carbonyl (C=O) groups is 1. The third-order valence-corrected chi connectivity index (χ3v) is 0.776. The highest BCUT2D eigenvalue weighted by Crippen LogP contribution is 1.72. The molecule has 4 heteroatoms. The molecule has 0 fully saturated rings. The Hall–Kier alpha value is -0.130. The van der Waals surface area contributed by atoms with Crippen LogP contribution in [0.4, 0.5) is 0 Å². The minimum absolute atomic E-state index is 0.133. The van der Waals surface area contributed by atoms with Crippen LogP contribution in [0, 0.1) is 0 Å². The molecule has 0 aliphatic rings. The van der Waals surface area contributed by atoms with Crippen molar-refractivity contribution in [3.8, 4) is 0 Å². The predicted molar refractivity (Wildman–Crippen MR) is 41.2 cm³/mol. The molecule has 0 radical (unpaired) electrons. The SMILES string of the molecule is CC(=O)N/N=C/CI. The van der Waals surface area contributed by atoms with Crippen molar-refractivity contribution in [3.05, 3.63) is 0 Å². The van der Waals surface area contributed by atoms with E-state index in [1.54, 1.807) is 6.21 Å². The third kappa shape index (κ3) is 5.87. The molecule has 0 unspecified atom stereocenters. The number of rotatable bonds is 2. The molecule has 0 heterocycles. The highest BCUT2D eigenvalue weighted by atomic mass is 127. The molecule has 46 valence electrons. The number of hydrogen-bond donors (Lipinski definition) is 1. The third-order valence-electron chi connectivity index (χ3n) is 0.382. The van der Waals surface area contributed by atoms with Gasteiger partial charge in [-0.1, -0.05) is 22.6 Å². The van der Waals surface area contributed by atoms with Gasteiger partial charge < -0.3 is 0 Å². The molecule has 0 aromatic heterocycles. The van der Waals surface area contributed by atoms with Crippen molar-refractivity contribution < 1.29 is 4.79 Å². The Balaban J connectivity index is 3.16. The first-order valence-electron chi connectivity index (χ1n) is 2.11. The van der Waals surface area contributed by atoms with Crippen LogP contribution in [0.25, 0.3) is 0 Å². The van der Waals surface area contributed by atoms with Gasteiger partial charge in [-0.15, -0.1) is 0 Å². The predicted octanol–water partition coefficient (Wildman–Crippen LogP) is 0.543. The second-order valence-corrected chi connectivity index (χ2v) is 2.01. The molecule has 0 saturated carbocycles. The number of alkyl halides is 1. The van der Waals surface area contributed by atoms with Gasteiger partial charge in [0.15, 0.2) is 0 Å². The molecular formula is C4H7IN2O. The van der Waals surface area contributed by atoms with Gasteiger partial charge in [0.25, 0.3) is 0 Å². The number of amides is 1. The van der Waals surface area contributed by atoms with Crippen molar-refractivity contribution >= 4 is 34.7 Å².